The third-order valence-electron chi connectivity index (χ3n) is 8.27. The molecule has 0 saturated carbocycles. The number of hydrogen-bond donors (Lipinski definition) is 0. The van der Waals surface area contributed by atoms with E-state index in [9.17, 15) is 0 Å². The van der Waals surface area contributed by atoms with Crippen molar-refractivity contribution in [2.75, 3.05) is 0 Å². The molecule has 0 N–H and O–H groups in total. The van der Waals surface area contributed by atoms with Gasteiger partial charge in [0.25, 0.3) is 5.95 Å². The van der Waals surface area contributed by atoms with E-state index in [-0.39, 0.29) is 12.0 Å². The van der Waals surface area contributed by atoms with Crippen LogP contribution in [0.3, 0.4) is 0 Å². The fourth-order valence-corrected chi connectivity index (χ4v) is 6.45. The first-order chi connectivity index (χ1) is 19.8. The monoisotopic (exact) mass is 521 g/mol. The summed E-state index contributed by atoms with van der Waals surface area (Å²) in [4.78, 5) is 4.77. The molecule has 8 aromatic rings. The first-order valence-corrected chi connectivity index (χ1v) is 13.3. The van der Waals surface area contributed by atoms with Gasteiger partial charge in [-0.05, 0) is 54.6 Å². The number of benzene rings is 3. The number of imidazole rings is 1. The van der Waals surface area contributed by atoms with Gasteiger partial charge in [-0.15, -0.1) is 0 Å². The minimum atomic E-state index is -0.0147. The van der Waals surface area contributed by atoms with Crippen LogP contribution in [-0.4, -0.2) is 20.1 Å². The predicted molar refractivity (Wildman–Crippen MR) is 152 cm³/mol. The molecule has 1 aliphatic heterocycles. The van der Waals surface area contributed by atoms with E-state index in [1.807, 2.05) is 40.9 Å². The van der Waals surface area contributed by atoms with Crippen LogP contribution >= 0.6 is 0 Å². The summed E-state index contributed by atoms with van der Waals surface area (Å²) < 4.78 is 28.5. The number of hydrogen-bond acceptors (Lipinski definition) is 5. The molecule has 7 nitrogen and oxygen atoms in total. The Bertz CT molecular complexity index is 2390. The maximum absolute atomic E-state index is 6.29. The second kappa shape index (κ2) is 7.15. The normalized spacial score (nSPS) is 18.0. The van der Waals surface area contributed by atoms with E-state index in [0.29, 0.717) is 11.8 Å². The fraction of sp³-hybridized carbons (Fsp3) is 0.0606. The van der Waals surface area contributed by atoms with Crippen molar-refractivity contribution in [2.45, 2.75) is 12.0 Å². The Morgan fingerprint density at radius 3 is 2.75 bits per heavy atom. The topological polar surface area (TPSA) is 70.9 Å². The number of rotatable bonds is 2. The third kappa shape index (κ3) is 2.56. The average Bonchev–Trinajstić information content (AvgIpc) is 3.80. The molecule has 0 amide bonds. The minimum absolute atomic E-state index is 0.0147. The smallest absolute Gasteiger partial charge is 0.307 e. The van der Waals surface area contributed by atoms with Gasteiger partial charge < -0.3 is 18.0 Å². The zero-order chi connectivity index (χ0) is 25.9. The number of nitrogens with zero attached hydrogens (tertiary/aromatic N) is 3. The van der Waals surface area contributed by atoms with E-state index in [2.05, 4.69) is 65.3 Å². The molecule has 190 valence electrons. The first kappa shape index (κ1) is 20.5. The number of ether oxygens (including phenoxy) is 1. The molecule has 2 unspecified atom stereocenters. The van der Waals surface area contributed by atoms with Gasteiger partial charge in [0, 0.05) is 21.7 Å². The summed E-state index contributed by atoms with van der Waals surface area (Å²) in [6, 6.07) is 22.7. The summed E-state index contributed by atoms with van der Waals surface area (Å²) in [5.41, 5.74) is 7.60. The Morgan fingerprint density at radius 2 is 1.75 bits per heavy atom. The third-order valence-corrected chi connectivity index (χ3v) is 8.27. The van der Waals surface area contributed by atoms with Gasteiger partial charge in [0.05, 0.1) is 46.2 Å². The molecule has 6 heterocycles. The highest BCUT2D eigenvalue weighted by Crippen LogP contribution is 2.48. The van der Waals surface area contributed by atoms with E-state index in [1.54, 1.807) is 6.26 Å². The highest BCUT2D eigenvalue weighted by atomic mass is 16.6. The van der Waals surface area contributed by atoms with E-state index in [0.717, 1.165) is 66.6 Å². The molecular weight excluding hydrogens is 502 g/mol. The molecule has 0 bridgehead atoms. The molecule has 2 atom stereocenters. The maximum atomic E-state index is 6.29. The number of aromatic nitrogens is 3. The molecule has 10 rings (SSSR count). The largest absolute Gasteiger partial charge is 0.456 e. The van der Waals surface area contributed by atoms with Crippen LogP contribution in [0, 0.1) is 0 Å². The van der Waals surface area contributed by atoms with Crippen LogP contribution in [0.5, 0.6) is 5.95 Å². The lowest BCUT2D eigenvalue weighted by Crippen LogP contribution is -2.16. The number of para-hydroxylation sites is 1. The van der Waals surface area contributed by atoms with Gasteiger partial charge in [-0.25, -0.2) is 0 Å². The number of allylic oxidation sites excluding steroid dienone is 2. The molecule has 40 heavy (non-hydrogen) atoms. The van der Waals surface area contributed by atoms with Crippen LogP contribution in [0.4, 0.5) is 0 Å². The molecule has 0 fully saturated rings. The Hall–Kier alpha value is -5.43. The number of oxazole rings is 1. The summed E-state index contributed by atoms with van der Waals surface area (Å²) in [5, 5.41) is 3.30. The van der Waals surface area contributed by atoms with Crippen molar-refractivity contribution in [1.82, 2.24) is 14.0 Å². The van der Waals surface area contributed by atoms with E-state index < -0.39 is 0 Å². The van der Waals surface area contributed by atoms with Gasteiger partial charge in [-0.2, -0.15) is 4.98 Å². The van der Waals surface area contributed by atoms with Gasteiger partial charge in [-0.3, -0.25) is 8.97 Å². The minimum Gasteiger partial charge on any atom is -0.456 e. The molecule has 0 spiro atoms. The van der Waals surface area contributed by atoms with Crippen LogP contribution in [0.25, 0.3) is 66.9 Å². The first-order valence-electron chi connectivity index (χ1n) is 13.3. The maximum Gasteiger partial charge on any atom is 0.307 e. The van der Waals surface area contributed by atoms with Crippen LogP contribution < -0.4 is 4.74 Å². The van der Waals surface area contributed by atoms with Crippen LogP contribution in [-0.2, 0) is 0 Å². The zero-order valence-corrected chi connectivity index (χ0v) is 20.9. The molecule has 1 aliphatic carbocycles. The lowest BCUT2D eigenvalue weighted by molar-refractivity contribution is 0.219. The van der Waals surface area contributed by atoms with Gasteiger partial charge in [0.1, 0.15) is 11.7 Å². The summed E-state index contributed by atoms with van der Waals surface area (Å²) in [5.74, 6) is 2.04. The summed E-state index contributed by atoms with van der Waals surface area (Å²) >= 11 is 0. The van der Waals surface area contributed by atoms with Crippen molar-refractivity contribution in [3.8, 4) is 23.0 Å². The average molecular weight is 522 g/mol. The lowest BCUT2D eigenvalue weighted by atomic mass is 9.91. The van der Waals surface area contributed by atoms with Crippen molar-refractivity contribution >= 4 is 49.8 Å². The van der Waals surface area contributed by atoms with Crippen molar-refractivity contribution < 1.29 is 18.0 Å². The molecule has 3 aromatic carbocycles. The summed E-state index contributed by atoms with van der Waals surface area (Å²) in [6.45, 7) is 0. The van der Waals surface area contributed by atoms with Crippen molar-refractivity contribution in [2.24, 2.45) is 0 Å². The Balaban J connectivity index is 1.13. The molecule has 5 aromatic heterocycles. The summed E-state index contributed by atoms with van der Waals surface area (Å²) in [6.07, 6.45) is 12.1. The van der Waals surface area contributed by atoms with Crippen molar-refractivity contribution in [3.63, 3.8) is 0 Å². The highest BCUT2D eigenvalue weighted by Gasteiger charge is 2.37. The second-order valence-corrected chi connectivity index (χ2v) is 10.4. The second-order valence-electron chi connectivity index (χ2n) is 10.4. The quantitative estimate of drug-likeness (QED) is 0.230. The van der Waals surface area contributed by atoms with E-state index in [1.165, 1.54) is 0 Å². The Morgan fingerprint density at radius 1 is 0.800 bits per heavy atom. The molecule has 2 aliphatic rings. The van der Waals surface area contributed by atoms with E-state index in [4.69, 9.17) is 23.0 Å². The molecule has 7 heteroatoms. The molecule has 0 radical (unpaired) electrons. The Kier molecular flexibility index (Phi) is 3.67. The van der Waals surface area contributed by atoms with Crippen LogP contribution in [0.15, 0.2) is 117 Å². The fourth-order valence-electron chi connectivity index (χ4n) is 6.45. The molecule has 0 saturated heterocycles. The van der Waals surface area contributed by atoms with Crippen LogP contribution in [0.1, 0.15) is 11.5 Å². The van der Waals surface area contributed by atoms with Crippen molar-refractivity contribution in [1.29, 1.82) is 0 Å². The molecular formula is C33H19N3O4. The standard InChI is InChI=1S/C33H19N3O4/c1-3-7-25-20(5-1)21-13-14-37-31(21)36(25)19-10-11-24-26(16-19)35-17-29(40-33(35)34-24)18-9-12-28-23(15-18)30-22-6-2-4-8-27(22)38-32(30)39-28/h1-17,22,27H. The number of fused-ring (bicyclic) bond motifs is 11. The van der Waals surface area contributed by atoms with Gasteiger partial charge >= 0.3 is 5.84 Å². The van der Waals surface area contributed by atoms with Gasteiger partial charge in [0.2, 0.25) is 5.71 Å². The predicted octanol–water partition coefficient (Wildman–Crippen LogP) is 8.15. The SMILES string of the molecule is C1=CC2Oc3oc4ccc(-c5cn6c(nc7ccc(-n8c9ccccc9c9ccoc98)cc76)o5)cc4c3C2C=C1. The number of furan rings is 2. The lowest BCUT2D eigenvalue weighted by Gasteiger charge is -2.14. The summed E-state index contributed by atoms with van der Waals surface area (Å²) in [7, 11) is 0. The highest BCUT2D eigenvalue weighted by molar-refractivity contribution is 6.07. The van der Waals surface area contributed by atoms with Crippen LogP contribution in [0.2, 0.25) is 0 Å². The van der Waals surface area contributed by atoms with Gasteiger partial charge in [0.15, 0.2) is 5.76 Å². The Labute approximate surface area is 225 Å². The van der Waals surface area contributed by atoms with E-state index >= 15 is 0 Å². The van der Waals surface area contributed by atoms with Crippen molar-refractivity contribution in [3.05, 3.63) is 109 Å². The zero-order valence-electron chi connectivity index (χ0n) is 20.9. The van der Waals surface area contributed by atoms with Gasteiger partial charge in [-0.1, -0.05) is 36.4 Å².